The summed E-state index contributed by atoms with van der Waals surface area (Å²) in [6.45, 7) is 2.81. The summed E-state index contributed by atoms with van der Waals surface area (Å²) in [5.41, 5.74) is 1.84. The molecule has 4 heterocycles. The van der Waals surface area contributed by atoms with E-state index in [9.17, 15) is 0 Å². The lowest BCUT2D eigenvalue weighted by Gasteiger charge is -2.31. The third kappa shape index (κ3) is 3.65. The number of pyridine rings is 1. The normalized spacial score (nSPS) is 16.2. The van der Waals surface area contributed by atoms with Crippen LogP contribution in [0.1, 0.15) is 30.3 Å². The van der Waals surface area contributed by atoms with Crippen LogP contribution in [0.15, 0.2) is 42.9 Å². The molecule has 8 heteroatoms. The number of aliphatic hydroxyl groups is 1. The van der Waals surface area contributed by atoms with Gasteiger partial charge in [0.25, 0.3) is 0 Å². The number of halogens is 1. The summed E-state index contributed by atoms with van der Waals surface area (Å²) in [5.74, 6) is 0.878. The van der Waals surface area contributed by atoms with Crippen molar-refractivity contribution in [1.29, 1.82) is 0 Å². The minimum Gasteiger partial charge on any atom is -0.390 e. The third-order valence-electron chi connectivity index (χ3n) is 4.83. The van der Waals surface area contributed by atoms with Crippen molar-refractivity contribution in [2.24, 2.45) is 0 Å². The number of nitrogens with zero attached hydrogens (tertiary/aromatic N) is 6. The highest BCUT2D eigenvalue weighted by Crippen LogP contribution is 2.23. The summed E-state index contributed by atoms with van der Waals surface area (Å²) in [6, 6.07) is 8.32. The van der Waals surface area contributed by atoms with Gasteiger partial charge in [0.2, 0.25) is 0 Å². The van der Waals surface area contributed by atoms with E-state index in [2.05, 4.69) is 30.8 Å². The van der Waals surface area contributed by atoms with Crippen LogP contribution in [0, 0.1) is 0 Å². The van der Waals surface area contributed by atoms with E-state index >= 15 is 0 Å². The Kier molecular flexibility index (Phi) is 5.01. The molecular formula is C18H21ClN6O. The molecule has 1 aliphatic heterocycles. The van der Waals surface area contributed by atoms with Crippen molar-refractivity contribution in [2.45, 2.75) is 32.0 Å². The van der Waals surface area contributed by atoms with Gasteiger partial charge in [-0.25, -0.2) is 9.67 Å². The highest BCUT2D eigenvalue weighted by molar-refractivity contribution is 6.30. The van der Waals surface area contributed by atoms with E-state index in [-0.39, 0.29) is 6.61 Å². The van der Waals surface area contributed by atoms with Gasteiger partial charge in [0.15, 0.2) is 0 Å². The van der Waals surface area contributed by atoms with Crippen LogP contribution in [0.25, 0.3) is 5.82 Å². The number of likely N-dealkylation sites (tertiary alicyclic amines) is 1. The van der Waals surface area contributed by atoms with Crippen molar-refractivity contribution in [3.05, 3.63) is 59.3 Å². The van der Waals surface area contributed by atoms with Crippen LogP contribution in [-0.2, 0) is 13.2 Å². The third-order valence-corrected chi connectivity index (χ3v) is 5.05. The first kappa shape index (κ1) is 17.2. The highest BCUT2D eigenvalue weighted by atomic mass is 35.5. The maximum atomic E-state index is 9.13. The Morgan fingerprint density at radius 3 is 2.73 bits per heavy atom. The molecule has 0 aromatic carbocycles. The second-order valence-corrected chi connectivity index (χ2v) is 7.00. The van der Waals surface area contributed by atoms with Gasteiger partial charge in [-0.3, -0.25) is 4.90 Å². The molecule has 1 aliphatic rings. The maximum absolute atomic E-state index is 9.13. The average molecular weight is 373 g/mol. The number of aromatic nitrogens is 5. The molecule has 0 aliphatic carbocycles. The molecule has 0 radical (unpaired) electrons. The molecular weight excluding hydrogens is 352 g/mol. The van der Waals surface area contributed by atoms with Gasteiger partial charge >= 0.3 is 0 Å². The van der Waals surface area contributed by atoms with E-state index in [1.165, 1.54) is 5.69 Å². The minimum absolute atomic E-state index is 0.0609. The smallest absolute Gasteiger partial charge is 0.136 e. The predicted octanol–water partition coefficient (Wildman–Crippen LogP) is 2.45. The fraction of sp³-hybridized carbons (Fsp3) is 0.389. The van der Waals surface area contributed by atoms with E-state index in [4.69, 9.17) is 16.7 Å². The molecule has 1 fully saturated rings. The van der Waals surface area contributed by atoms with E-state index in [0.29, 0.717) is 16.8 Å². The fourth-order valence-electron chi connectivity index (χ4n) is 3.41. The Bertz CT molecular complexity index is 851. The van der Waals surface area contributed by atoms with E-state index < -0.39 is 0 Å². The van der Waals surface area contributed by atoms with Crippen LogP contribution in [-0.4, -0.2) is 47.6 Å². The number of aliphatic hydroxyl groups excluding tert-OH is 1. The molecule has 0 saturated carbocycles. The zero-order chi connectivity index (χ0) is 17.9. The lowest BCUT2D eigenvalue weighted by Crippen LogP contribution is -2.34. The van der Waals surface area contributed by atoms with Crippen molar-refractivity contribution >= 4 is 11.6 Å². The van der Waals surface area contributed by atoms with E-state index in [1.807, 2.05) is 35.3 Å². The first-order valence-corrected chi connectivity index (χ1v) is 9.13. The molecule has 0 bridgehead atoms. The second kappa shape index (κ2) is 7.57. The zero-order valence-electron chi connectivity index (χ0n) is 14.4. The van der Waals surface area contributed by atoms with Crippen molar-refractivity contribution < 1.29 is 5.11 Å². The van der Waals surface area contributed by atoms with Gasteiger partial charge in [-0.15, -0.1) is 5.10 Å². The van der Waals surface area contributed by atoms with Crippen LogP contribution < -0.4 is 0 Å². The molecule has 4 rings (SSSR count). The molecule has 1 saturated heterocycles. The van der Waals surface area contributed by atoms with Crippen molar-refractivity contribution in [1.82, 2.24) is 29.4 Å². The standard InChI is InChI=1S/C18H21ClN6O/c19-14-3-4-18(20-10-14)24-7-1-2-17(24)12-23-8-5-16(6-9-23)25-11-15(13-26)21-22-25/h1-4,7,10-11,16,26H,5-6,8-9,12-13H2. The highest BCUT2D eigenvalue weighted by Gasteiger charge is 2.22. The van der Waals surface area contributed by atoms with Crippen LogP contribution in [0.3, 0.4) is 0 Å². The molecule has 0 amide bonds. The molecule has 3 aromatic rings. The fourth-order valence-corrected chi connectivity index (χ4v) is 3.53. The van der Waals surface area contributed by atoms with Crippen LogP contribution in [0.5, 0.6) is 0 Å². The second-order valence-electron chi connectivity index (χ2n) is 6.56. The summed E-state index contributed by atoms with van der Waals surface area (Å²) < 4.78 is 4.00. The molecule has 7 nitrogen and oxygen atoms in total. The van der Waals surface area contributed by atoms with Crippen LogP contribution >= 0.6 is 11.6 Å². The van der Waals surface area contributed by atoms with Gasteiger partial charge in [0.05, 0.1) is 23.9 Å². The summed E-state index contributed by atoms with van der Waals surface area (Å²) in [6.07, 6.45) is 7.59. The van der Waals surface area contributed by atoms with Crippen molar-refractivity contribution in [3.63, 3.8) is 0 Å². The summed E-state index contributed by atoms with van der Waals surface area (Å²) in [7, 11) is 0. The predicted molar refractivity (Wildman–Crippen MR) is 98.1 cm³/mol. The number of hydrogen-bond donors (Lipinski definition) is 1. The molecule has 1 N–H and O–H groups in total. The molecule has 0 atom stereocenters. The Labute approximate surface area is 156 Å². The van der Waals surface area contributed by atoms with Gasteiger partial charge < -0.3 is 9.67 Å². The van der Waals surface area contributed by atoms with Gasteiger partial charge in [-0.1, -0.05) is 16.8 Å². The Morgan fingerprint density at radius 1 is 1.19 bits per heavy atom. The van der Waals surface area contributed by atoms with Crippen LogP contribution in [0.2, 0.25) is 5.02 Å². The zero-order valence-corrected chi connectivity index (χ0v) is 15.1. The van der Waals surface area contributed by atoms with Gasteiger partial charge in [-0.2, -0.15) is 0 Å². The first-order chi connectivity index (χ1) is 12.7. The summed E-state index contributed by atoms with van der Waals surface area (Å²) in [4.78, 5) is 6.86. The lowest BCUT2D eigenvalue weighted by atomic mass is 10.1. The van der Waals surface area contributed by atoms with Gasteiger partial charge in [0, 0.05) is 37.7 Å². The van der Waals surface area contributed by atoms with E-state index in [0.717, 1.165) is 38.3 Å². The topological polar surface area (TPSA) is 72.0 Å². The van der Waals surface area contributed by atoms with Gasteiger partial charge in [-0.05, 0) is 37.1 Å². The quantitative estimate of drug-likeness (QED) is 0.744. The Morgan fingerprint density at radius 2 is 2.04 bits per heavy atom. The molecule has 3 aromatic heterocycles. The molecule has 0 spiro atoms. The monoisotopic (exact) mass is 372 g/mol. The lowest BCUT2D eigenvalue weighted by molar-refractivity contribution is 0.170. The van der Waals surface area contributed by atoms with Crippen molar-refractivity contribution in [2.75, 3.05) is 13.1 Å². The molecule has 26 heavy (non-hydrogen) atoms. The Balaban J connectivity index is 1.39. The SMILES string of the molecule is OCc1cn(C2CCN(Cc3cccn3-c3ccc(Cl)cn3)CC2)nn1. The van der Waals surface area contributed by atoms with Crippen LogP contribution in [0.4, 0.5) is 0 Å². The summed E-state index contributed by atoms with van der Waals surface area (Å²) >= 11 is 5.94. The number of hydrogen-bond acceptors (Lipinski definition) is 5. The average Bonchev–Trinajstić information content (AvgIpc) is 3.33. The largest absolute Gasteiger partial charge is 0.390 e. The van der Waals surface area contributed by atoms with E-state index in [1.54, 1.807) is 6.20 Å². The van der Waals surface area contributed by atoms with Gasteiger partial charge in [0.1, 0.15) is 11.5 Å². The maximum Gasteiger partial charge on any atom is 0.136 e. The molecule has 136 valence electrons. The minimum atomic E-state index is -0.0609. The Hall–Kier alpha value is -2.22. The van der Waals surface area contributed by atoms with Crippen molar-refractivity contribution in [3.8, 4) is 5.82 Å². The number of rotatable bonds is 5. The summed E-state index contributed by atoms with van der Waals surface area (Å²) in [5, 5.41) is 17.9. The molecule has 0 unspecified atom stereocenters. The first-order valence-electron chi connectivity index (χ1n) is 8.75. The number of piperidine rings is 1.